The van der Waals surface area contributed by atoms with Gasteiger partial charge in [0.1, 0.15) is 5.71 Å². The Morgan fingerprint density at radius 2 is 1.78 bits per heavy atom. The van der Waals surface area contributed by atoms with Crippen molar-refractivity contribution in [2.75, 3.05) is 0 Å². The van der Waals surface area contributed by atoms with E-state index in [0.29, 0.717) is 22.4 Å². The highest BCUT2D eigenvalue weighted by Crippen LogP contribution is 2.31. The standard InChI is InChI=1S/C22H14BrN3O/c1-13-6-9-15(10-7-13)24-20-17-12-14(23)8-11-19(17)26-21(20)25-18-5-3-2-4-16(18)22(26)27/h2-12H,1H3. The number of halogens is 1. The van der Waals surface area contributed by atoms with Crippen molar-refractivity contribution < 1.29 is 0 Å². The van der Waals surface area contributed by atoms with E-state index >= 15 is 0 Å². The first kappa shape index (κ1) is 16.1. The van der Waals surface area contributed by atoms with Crippen LogP contribution in [0.2, 0.25) is 0 Å². The number of aromatic nitrogens is 2. The van der Waals surface area contributed by atoms with E-state index in [-0.39, 0.29) is 5.56 Å². The summed E-state index contributed by atoms with van der Waals surface area (Å²) in [7, 11) is 0. The average molecular weight is 416 g/mol. The third kappa shape index (κ3) is 2.54. The van der Waals surface area contributed by atoms with Crippen molar-refractivity contribution in [3.63, 3.8) is 0 Å². The lowest BCUT2D eigenvalue weighted by Crippen LogP contribution is -2.21. The lowest BCUT2D eigenvalue weighted by molar-refractivity contribution is 0.966. The Labute approximate surface area is 164 Å². The Bertz CT molecular complexity index is 1300. The summed E-state index contributed by atoms with van der Waals surface area (Å²) in [6.07, 6.45) is 0. The second kappa shape index (κ2) is 5.99. The number of aliphatic imine (C=N–C) groups is 1. The van der Waals surface area contributed by atoms with E-state index in [0.717, 1.165) is 21.4 Å². The smallest absolute Gasteiger partial charge is 0.266 e. The fourth-order valence-corrected chi connectivity index (χ4v) is 3.75. The van der Waals surface area contributed by atoms with Crippen LogP contribution < -0.4 is 5.56 Å². The van der Waals surface area contributed by atoms with Gasteiger partial charge < -0.3 is 0 Å². The second-order valence-corrected chi connectivity index (χ2v) is 7.47. The van der Waals surface area contributed by atoms with Crippen molar-refractivity contribution in [3.05, 3.63) is 98.5 Å². The Balaban J connectivity index is 1.87. The van der Waals surface area contributed by atoms with Crippen molar-refractivity contribution in [2.45, 2.75) is 6.92 Å². The van der Waals surface area contributed by atoms with Gasteiger partial charge in [-0.3, -0.25) is 9.36 Å². The molecule has 3 aromatic carbocycles. The number of hydrogen-bond donors (Lipinski definition) is 0. The maximum atomic E-state index is 13.2. The van der Waals surface area contributed by atoms with Crippen LogP contribution in [-0.4, -0.2) is 15.3 Å². The quantitative estimate of drug-likeness (QED) is 0.389. The van der Waals surface area contributed by atoms with Gasteiger partial charge in [0, 0.05) is 10.0 Å². The summed E-state index contributed by atoms with van der Waals surface area (Å²) in [6.45, 7) is 2.04. The molecule has 27 heavy (non-hydrogen) atoms. The largest absolute Gasteiger partial charge is 0.268 e. The molecule has 0 saturated heterocycles. The zero-order chi connectivity index (χ0) is 18.5. The van der Waals surface area contributed by atoms with Crippen molar-refractivity contribution in [1.82, 2.24) is 9.55 Å². The SMILES string of the molecule is Cc1ccc(N=C2c3cc(Br)ccc3-n3c2nc2ccccc2c3=O)cc1. The molecule has 130 valence electrons. The molecule has 0 unspecified atom stereocenters. The number of aryl methyl sites for hydroxylation is 1. The summed E-state index contributed by atoms with van der Waals surface area (Å²) < 4.78 is 2.60. The maximum Gasteiger partial charge on any atom is 0.266 e. The van der Waals surface area contributed by atoms with Gasteiger partial charge >= 0.3 is 0 Å². The van der Waals surface area contributed by atoms with Gasteiger partial charge in [0.05, 0.1) is 22.3 Å². The van der Waals surface area contributed by atoms with Crippen LogP contribution in [0.25, 0.3) is 16.6 Å². The Morgan fingerprint density at radius 1 is 1.00 bits per heavy atom. The van der Waals surface area contributed by atoms with Crippen LogP contribution in [0.3, 0.4) is 0 Å². The molecule has 0 N–H and O–H groups in total. The molecule has 0 radical (unpaired) electrons. The van der Waals surface area contributed by atoms with E-state index in [9.17, 15) is 4.79 Å². The fourth-order valence-electron chi connectivity index (χ4n) is 3.39. The zero-order valence-corrected chi connectivity index (χ0v) is 16.1. The van der Waals surface area contributed by atoms with Crippen LogP contribution in [0, 0.1) is 6.92 Å². The molecule has 0 aliphatic carbocycles. The number of hydrogen-bond acceptors (Lipinski definition) is 3. The van der Waals surface area contributed by atoms with Gasteiger partial charge in [0.25, 0.3) is 5.56 Å². The third-order valence-corrected chi connectivity index (χ3v) is 5.21. The molecule has 0 spiro atoms. The lowest BCUT2D eigenvalue weighted by Gasteiger charge is -2.06. The Hall–Kier alpha value is -3.05. The Morgan fingerprint density at radius 3 is 2.59 bits per heavy atom. The van der Waals surface area contributed by atoms with E-state index in [1.165, 1.54) is 5.56 Å². The summed E-state index contributed by atoms with van der Waals surface area (Å²) in [4.78, 5) is 22.8. The summed E-state index contributed by atoms with van der Waals surface area (Å²) in [5, 5.41) is 0.603. The maximum absolute atomic E-state index is 13.2. The topological polar surface area (TPSA) is 47.2 Å². The number of para-hydroxylation sites is 1. The van der Waals surface area contributed by atoms with E-state index in [1.807, 2.05) is 73.7 Å². The van der Waals surface area contributed by atoms with Crippen LogP contribution in [0.5, 0.6) is 0 Å². The molecular formula is C22H14BrN3O. The van der Waals surface area contributed by atoms with E-state index in [1.54, 1.807) is 4.57 Å². The first-order valence-electron chi connectivity index (χ1n) is 8.60. The van der Waals surface area contributed by atoms with Crippen LogP contribution >= 0.6 is 15.9 Å². The van der Waals surface area contributed by atoms with Crippen LogP contribution in [-0.2, 0) is 0 Å². The molecule has 1 aliphatic heterocycles. The molecule has 1 aromatic heterocycles. The van der Waals surface area contributed by atoms with Crippen molar-refractivity contribution in [2.24, 2.45) is 4.99 Å². The molecule has 0 amide bonds. The first-order valence-corrected chi connectivity index (χ1v) is 9.39. The minimum atomic E-state index is -0.0757. The molecule has 0 atom stereocenters. The van der Waals surface area contributed by atoms with Crippen LogP contribution in [0.1, 0.15) is 17.0 Å². The minimum absolute atomic E-state index is 0.0757. The molecule has 4 aromatic rings. The molecule has 5 rings (SSSR count). The third-order valence-electron chi connectivity index (χ3n) is 4.72. The van der Waals surface area contributed by atoms with Gasteiger partial charge in [-0.15, -0.1) is 0 Å². The fraction of sp³-hybridized carbons (Fsp3) is 0.0455. The predicted octanol–water partition coefficient (Wildman–Crippen LogP) is 4.94. The van der Waals surface area contributed by atoms with Gasteiger partial charge in [-0.2, -0.15) is 0 Å². The van der Waals surface area contributed by atoms with Crippen LogP contribution in [0.15, 0.2) is 81.0 Å². The summed E-state index contributed by atoms with van der Waals surface area (Å²) in [5.41, 5.74) is 5.02. The van der Waals surface area contributed by atoms with Gasteiger partial charge in [-0.25, -0.2) is 9.98 Å². The van der Waals surface area contributed by atoms with Gasteiger partial charge in [-0.1, -0.05) is 45.8 Å². The average Bonchev–Trinajstić information content (AvgIpc) is 2.97. The molecule has 0 saturated carbocycles. The number of nitrogens with zero attached hydrogens (tertiary/aromatic N) is 3. The minimum Gasteiger partial charge on any atom is -0.268 e. The van der Waals surface area contributed by atoms with Gasteiger partial charge in [0.2, 0.25) is 0 Å². The lowest BCUT2D eigenvalue weighted by atomic mass is 10.1. The highest BCUT2D eigenvalue weighted by molar-refractivity contribution is 9.10. The van der Waals surface area contributed by atoms with Crippen molar-refractivity contribution in [1.29, 1.82) is 0 Å². The van der Waals surface area contributed by atoms with E-state index in [2.05, 4.69) is 15.9 Å². The van der Waals surface area contributed by atoms with Crippen molar-refractivity contribution >= 4 is 38.2 Å². The van der Waals surface area contributed by atoms with Gasteiger partial charge in [0.15, 0.2) is 5.82 Å². The molecular weight excluding hydrogens is 402 g/mol. The highest BCUT2D eigenvalue weighted by atomic mass is 79.9. The van der Waals surface area contributed by atoms with E-state index < -0.39 is 0 Å². The number of fused-ring (bicyclic) bond motifs is 4. The molecule has 0 bridgehead atoms. The zero-order valence-electron chi connectivity index (χ0n) is 14.5. The molecule has 4 nitrogen and oxygen atoms in total. The Kier molecular flexibility index (Phi) is 3.58. The summed E-state index contributed by atoms with van der Waals surface area (Å²) >= 11 is 3.53. The monoisotopic (exact) mass is 415 g/mol. The summed E-state index contributed by atoms with van der Waals surface area (Å²) in [5.74, 6) is 0.576. The van der Waals surface area contributed by atoms with Crippen LogP contribution in [0.4, 0.5) is 5.69 Å². The number of benzene rings is 3. The second-order valence-electron chi connectivity index (χ2n) is 6.55. The highest BCUT2D eigenvalue weighted by Gasteiger charge is 2.28. The summed E-state index contributed by atoms with van der Waals surface area (Å²) in [6, 6.07) is 21.3. The molecule has 1 aliphatic rings. The first-order chi connectivity index (χ1) is 13.1. The predicted molar refractivity (Wildman–Crippen MR) is 112 cm³/mol. The van der Waals surface area contributed by atoms with Crippen molar-refractivity contribution in [3.8, 4) is 5.69 Å². The van der Waals surface area contributed by atoms with E-state index in [4.69, 9.17) is 9.98 Å². The number of rotatable bonds is 1. The normalized spacial score (nSPS) is 13.8. The molecule has 0 fully saturated rings. The van der Waals surface area contributed by atoms with Gasteiger partial charge in [-0.05, 0) is 49.4 Å². The molecule has 5 heteroatoms. The molecule has 2 heterocycles.